The lowest BCUT2D eigenvalue weighted by Crippen LogP contribution is -2.26. The zero-order valence-corrected chi connectivity index (χ0v) is 13.1. The minimum absolute atomic E-state index is 0.0651. The minimum atomic E-state index is -0.564. The molecule has 2 N–H and O–H groups in total. The standard InChI is InChI=1S/C15H14BrFN2O2/c1-19(9-3-5-10(21-2)6-4-9)15(20)11-7-14(18)13(17)8-12(11)16/h3-8H,18H2,1-2H3. The molecule has 2 aromatic rings. The summed E-state index contributed by atoms with van der Waals surface area (Å²) in [5, 5.41) is 0. The van der Waals surface area contributed by atoms with Crippen molar-refractivity contribution in [3.63, 3.8) is 0 Å². The van der Waals surface area contributed by atoms with Crippen LogP contribution in [0.2, 0.25) is 0 Å². The molecule has 0 saturated heterocycles. The SMILES string of the molecule is COc1ccc(N(C)C(=O)c2cc(N)c(F)cc2Br)cc1. The monoisotopic (exact) mass is 352 g/mol. The van der Waals surface area contributed by atoms with Gasteiger partial charge in [-0.15, -0.1) is 0 Å². The number of anilines is 2. The summed E-state index contributed by atoms with van der Waals surface area (Å²) in [6.45, 7) is 0. The number of methoxy groups -OCH3 is 1. The fraction of sp³-hybridized carbons (Fsp3) is 0.133. The van der Waals surface area contributed by atoms with Crippen LogP contribution in [0, 0.1) is 5.82 Å². The second-order valence-electron chi connectivity index (χ2n) is 4.42. The molecule has 0 spiro atoms. The number of carbonyl (C=O) groups is 1. The highest BCUT2D eigenvalue weighted by Gasteiger charge is 2.18. The molecule has 0 aliphatic carbocycles. The Balaban J connectivity index is 2.32. The molecule has 0 atom stereocenters. The average molecular weight is 353 g/mol. The van der Waals surface area contributed by atoms with E-state index < -0.39 is 5.82 Å². The number of hydrogen-bond donors (Lipinski definition) is 1. The van der Waals surface area contributed by atoms with Gasteiger partial charge in [0, 0.05) is 17.2 Å². The van der Waals surface area contributed by atoms with E-state index in [1.54, 1.807) is 38.4 Å². The maximum atomic E-state index is 13.3. The Kier molecular flexibility index (Phi) is 4.47. The second-order valence-corrected chi connectivity index (χ2v) is 5.27. The molecule has 2 rings (SSSR count). The molecule has 4 nitrogen and oxygen atoms in total. The van der Waals surface area contributed by atoms with Crippen molar-refractivity contribution in [3.8, 4) is 5.75 Å². The van der Waals surface area contributed by atoms with Gasteiger partial charge in [0.2, 0.25) is 0 Å². The van der Waals surface area contributed by atoms with Gasteiger partial charge in [-0.1, -0.05) is 0 Å². The second kappa shape index (κ2) is 6.13. The van der Waals surface area contributed by atoms with Crippen LogP contribution in [0.15, 0.2) is 40.9 Å². The lowest BCUT2D eigenvalue weighted by atomic mass is 10.1. The normalized spacial score (nSPS) is 10.3. The summed E-state index contributed by atoms with van der Waals surface area (Å²) in [6, 6.07) is 9.54. The van der Waals surface area contributed by atoms with Gasteiger partial charge in [-0.05, 0) is 52.3 Å². The van der Waals surface area contributed by atoms with E-state index in [-0.39, 0.29) is 11.6 Å². The summed E-state index contributed by atoms with van der Waals surface area (Å²) in [5.41, 5.74) is 6.44. The van der Waals surface area contributed by atoms with E-state index in [0.29, 0.717) is 21.5 Å². The Morgan fingerprint density at radius 2 is 1.90 bits per heavy atom. The third-order valence-corrected chi connectivity index (χ3v) is 3.74. The molecular formula is C15H14BrFN2O2. The van der Waals surface area contributed by atoms with Crippen molar-refractivity contribution in [1.82, 2.24) is 0 Å². The van der Waals surface area contributed by atoms with Crippen LogP contribution >= 0.6 is 15.9 Å². The number of benzene rings is 2. The average Bonchev–Trinajstić information content (AvgIpc) is 2.49. The zero-order valence-electron chi connectivity index (χ0n) is 11.6. The maximum absolute atomic E-state index is 13.3. The summed E-state index contributed by atoms with van der Waals surface area (Å²) in [7, 11) is 3.21. The fourth-order valence-electron chi connectivity index (χ4n) is 1.83. The number of nitrogens with two attached hydrogens (primary N) is 1. The molecule has 0 heterocycles. The van der Waals surface area contributed by atoms with E-state index in [2.05, 4.69) is 15.9 Å². The summed E-state index contributed by atoms with van der Waals surface area (Å²) in [4.78, 5) is 13.9. The Bertz CT molecular complexity index is 674. The molecule has 0 aromatic heterocycles. The maximum Gasteiger partial charge on any atom is 0.259 e. The molecule has 6 heteroatoms. The van der Waals surface area contributed by atoms with Crippen LogP contribution in [-0.4, -0.2) is 20.1 Å². The molecule has 0 fully saturated rings. The number of amides is 1. The molecule has 0 unspecified atom stereocenters. The van der Waals surface area contributed by atoms with Crippen LogP contribution in [0.1, 0.15) is 10.4 Å². The number of ether oxygens (including phenoxy) is 1. The van der Waals surface area contributed by atoms with Gasteiger partial charge in [0.05, 0.1) is 18.4 Å². The lowest BCUT2D eigenvalue weighted by Gasteiger charge is -2.19. The van der Waals surface area contributed by atoms with Crippen molar-refractivity contribution in [3.05, 3.63) is 52.3 Å². The number of nitrogens with zero attached hydrogens (tertiary/aromatic N) is 1. The van der Waals surface area contributed by atoms with Crippen molar-refractivity contribution in [2.45, 2.75) is 0 Å². The predicted octanol–water partition coefficient (Wildman–Crippen LogP) is 3.46. The van der Waals surface area contributed by atoms with Gasteiger partial charge in [0.25, 0.3) is 5.91 Å². The van der Waals surface area contributed by atoms with E-state index in [1.165, 1.54) is 17.0 Å². The molecule has 2 aromatic carbocycles. The first-order chi connectivity index (χ1) is 9.93. The Morgan fingerprint density at radius 1 is 1.29 bits per heavy atom. The molecule has 0 aliphatic heterocycles. The summed E-state index contributed by atoms with van der Waals surface area (Å²) in [6.07, 6.45) is 0. The molecule has 21 heavy (non-hydrogen) atoms. The summed E-state index contributed by atoms with van der Waals surface area (Å²) in [5.74, 6) is -0.156. The lowest BCUT2D eigenvalue weighted by molar-refractivity contribution is 0.0992. The van der Waals surface area contributed by atoms with Crippen LogP contribution in [0.5, 0.6) is 5.75 Å². The third-order valence-electron chi connectivity index (χ3n) is 3.08. The Morgan fingerprint density at radius 3 is 2.48 bits per heavy atom. The quantitative estimate of drug-likeness (QED) is 0.860. The van der Waals surface area contributed by atoms with Gasteiger partial charge in [0.1, 0.15) is 11.6 Å². The van der Waals surface area contributed by atoms with E-state index >= 15 is 0 Å². The van der Waals surface area contributed by atoms with Gasteiger partial charge in [0.15, 0.2) is 0 Å². The number of nitrogen functional groups attached to an aromatic ring is 1. The van der Waals surface area contributed by atoms with Gasteiger partial charge in [-0.2, -0.15) is 0 Å². The van der Waals surface area contributed by atoms with Crippen molar-refractivity contribution < 1.29 is 13.9 Å². The van der Waals surface area contributed by atoms with Crippen molar-refractivity contribution in [1.29, 1.82) is 0 Å². The summed E-state index contributed by atoms with van der Waals surface area (Å²) < 4.78 is 18.8. The number of rotatable bonds is 3. The number of carbonyl (C=O) groups excluding carboxylic acids is 1. The number of hydrogen-bond acceptors (Lipinski definition) is 3. The van der Waals surface area contributed by atoms with Crippen LogP contribution in [0.3, 0.4) is 0 Å². The largest absolute Gasteiger partial charge is 0.497 e. The molecule has 0 radical (unpaired) electrons. The van der Waals surface area contributed by atoms with E-state index in [0.717, 1.165) is 0 Å². The van der Waals surface area contributed by atoms with Crippen LogP contribution < -0.4 is 15.4 Å². The molecule has 0 aliphatic rings. The zero-order chi connectivity index (χ0) is 15.6. The molecular weight excluding hydrogens is 339 g/mol. The molecule has 0 bridgehead atoms. The molecule has 1 amide bonds. The molecule has 110 valence electrons. The van der Waals surface area contributed by atoms with Crippen LogP contribution in [0.25, 0.3) is 0 Å². The first-order valence-corrected chi connectivity index (χ1v) is 6.90. The van der Waals surface area contributed by atoms with Crippen molar-refractivity contribution >= 4 is 33.2 Å². The van der Waals surface area contributed by atoms with E-state index in [9.17, 15) is 9.18 Å². The van der Waals surface area contributed by atoms with Crippen molar-refractivity contribution in [2.24, 2.45) is 0 Å². The highest BCUT2D eigenvalue weighted by molar-refractivity contribution is 9.10. The van der Waals surface area contributed by atoms with Gasteiger partial charge < -0.3 is 15.4 Å². The van der Waals surface area contributed by atoms with Gasteiger partial charge in [-0.3, -0.25) is 4.79 Å². The topological polar surface area (TPSA) is 55.6 Å². The van der Waals surface area contributed by atoms with Crippen LogP contribution in [0.4, 0.5) is 15.8 Å². The fourth-order valence-corrected chi connectivity index (χ4v) is 2.32. The van der Waals surface area contributed by atoms with E-state index in [4.69, 9.17) is 10.5 Å². The predicted molar refractivity (Wildman–Crippen MR) is 84.2 cm³/mol. The van der Waals surface area contributed by atoms with E-state index in [1.807, 2.05) is 0 Å². The number of halogens is 2. The van der Waals surface area contributed by atoms with Gasteiger partial charge >= 0.3 is 0 Å². The third kappa shape index (κ3) is 3.16. The smallest absolute Gasteiger partial charge is 0.259 e. The Hall–Kier alpha value is -2.08. The van der Waals surface area contributed by atoms with Gasteiger partial charge in [-0.25, -0.2) is 4.39 Å². The van der Waals surface area contributed by atoms with Crippen molar-refractivity contribution in [2.75, 3.05) is 24.8 Å². The summed E-state index contributed by atoms with van der Waals surface area (Å²) >= 11 is 3.18. The highest BCUT2D eigenvalue weighted by Crippen LogP contribution is 2.26. The Labute approximate surface area is 130 Å². The van der Waals surface area contributed by atoms with Crippen LogP contribution in [-0.2, 0) is 0 Å². The first-order valence-electron chi connectivity index (χ1n) is 6.10. The minimum Gasteiger partial charge on any atom is -0.497 e. The molecule has 0 saturated carbocycles. The first kappa shape index (κ1) is 15.3. The highest BCUT2D eigenvalue weighted by atomic mass is 79.9.